The maximum Gasteiger partial charge on any atom is 0.243 e. The Balaban J connectivity index is 1.60. The molecular formula is C34H42BrN3O4S. The molecule has 0 aromatic heterocycles. The van der Waals surface area contributed by atoms with Crippen LogP contribution in [0.4, 0.5) is 5.69 Å². The summed E-state index contributed by atoms with van der Waals surface area (Å²) < 4.78 is 27.9. The van der Waals surface area contributed by atoms with Crippen molar-refractivity contribution in [3.63, 3.8) is 0 Å². The number of carbonyl (C=O) groups excluding carboxylic acids is 2. The number of amides is 2. The van der Waals surface area contributed by atoms with Gasteiger partial charge in [-0.3, -0.25) is 13.9 Å². The lowest BCUT2D eigenvalue weighted by Crippen LogP contribution is -2.52. The molecular weight excluding hydrogens is 626 g/mol. The molecule has 1 fully saturated rings. The minimum atomic E-state index is -3.57. The van der Waals surface area contributed by atoms with Crippen molar-refractivity contribution < 1.29 is 18.0 Å². The van der Waals surface area contributed by atoms with E-state index < -0.39 is 16.1 Å². The van der Waals surface area contributed by atoms with Crippen LogP contribution in [0.15, 0.2) is 77.3 Å². The molecule has 1 aliphatic carbocycles. The molecule has 0 heterocycles. The van der Waals surface area contributed by atoms with E-state index in [4.69, 9.17) is 0 Å². The molecule has 1 N–H and O–H groups in total. The topological polar surface area (TPSA) is 86.8 Å². The van der Waals surface area contributed by atoms with E-state index in [9.17, 15) is 18.0 Å². The molecule has 7 nitrogen and oxygen atoms in total. The Labute approximate surface area is 264 Å². The van der Waals surface area contributed by atoms with Crippen molar-refractivity contribution in [2.75, 3.05) is 17.1 Å². The number of rotatable bonds is 13. The highest BCUT2D eigenvalue weighted by atomic mass is 79.9. The van der Waals surface area contributed by atoms with Crippen molar-refractivity contribution in [1.82, 2.24) is 10.2 Å². The molecule has 1 aliphatic rings. The lowest BCUT2D eigenvalue weighted by atomic mass is 10.0. The third-order valence-electron chi connectivity index (χ3n) is 8.00. The number of nitrogens with zero attached hydrogens (tertiary/aromatic N) is 2. The van der Waals surface area contributed by atoms with E-state index in [1.54, 1.807) is 4.90 Å². The number of benzene rings is 3. The average Bonchev–Trinajstić information content (AvgIpc) is 3.47. The molecule has 1 atom stereocenters. The summed E-state index contributed by atoms with van der Waals surface area (Å²) in [6, 6.07) is 22.7. The maximum atomic E-state index is 14.1. The van der Waals surface area contributed by atoms with Crippen molar-refractivity contribution in [2.45, 2.75) is 77.4 Å². The van der Waals surface area contributed by atoms with Crippen LogP contribution in [0.2, 0.25) is 0 Å². The van der Waals surface area contributed by atoms with Crippen LogP contribution in [-0.2, 0) is 32.6 Å². The van der Waals surface area contributed by atoms with E-state index in [2.05, 4.69) is 21.2 Å². The number of sulfonamides is 1. The van der Waals surface area contributed by atoms with E-state index in [-0.39, 0.29) is 37.4 Å². The Kier molecular flexibility index (Phi) is 11.4. The molecule has 1 saturated carbocycles. The van der Waals surface area contributed by atoms with Crippen LogP contribution in [0.1, 0.15) is 60.8 Å². The van der Waals surface area contributed by atoms with Crippen molar-refractivity contribution in [1.29, 1.82) is 0 Å². The molecule has 3 aromatic carbocycles. The number of anilines is 1. The van der Waals surface area contributed by atoms with Crippen LogP contribution >= 0.6 is 15.9 Å². The number of hydrogen-bond acceptors (Lipinski definition) is 4. The van der Waals surface area contributed by atoms with Gasteiger partial charge in [-0.05, 0) is 73.6 Å². The molecule has 0 spiro atoms. The first-order valence-corrected chi connectivity index (χ1v) is 17.6. The number of hydrogen-bond donors (Lipinski definition) is 1. The van der Waals surface area contributed by atoms with Crippen LogP contribution < -0.4 is 9.62 Å². The summed E-state index contributed by atoms with van der Waals surface area (Å²) >= 11 is 3.53. The molecule has 0 aliphatic heterocycles. The highest BCUT2D eigenvalue weighted by Crippen LogP contribution is 2.25. The highest BCUT2D eigenvalue weighted by Gasteiger charge is 2.32. The quantitative estimate of drug-likeness (QED) is 0.231. The predicted octanol–water partition coefficient (Wildman–Crippen LogP) is 6.31. The summed E-state index contributed by atoms with van der Waals surface area (Å²) in [7, 11) is -3.57. The van der Waals surface area contributed by atoms with Gasteiger partial charge in [0.1, 0.15) is 6.04 Å². The second-order valence-corrected chi connectivity index (χ2v) is 14.4. The second-order valence-electron chi connectivity index (χ2n) is 11.6. The lowest BCUT2D eigenvalue weighted by molar-refractivity contribution is -0.141. The fraction of sp³-hybridized carbons (Fsp3) is 0.412. The van der Waals surface area contributed by atoms with Crippen molar-refractivity contribution in [2.24, 2.45) is 0 Å². The predicted molar refractivity (Wildman–Crippen MR) is 176 cm³/mol. The van der Waals surface area contributed by atoms with Gasteiger partial charge in [0, 0.05) is 36.4 Å². The van der Waals surface area contributed by atoms with Gasteiger partial charge in [-0.15, -0.1) is 0 Å². The number of halogens is 1. The van der Waals surface area contributed by atoms with Crippen molar-refractivity contribution in [3.05, 3.63) is 99.5 Å². The van der Waals surface area contributed by atoms with Gasteiger partial charge in [0.15, 0.2) is 0 Å². The molecule has 43 heavy (non-hydrogen) atoms. The Bertz CT molecular complexity index is 1510. The van der Waals surface area contributed by atoms with E-state index >= 15 is 0 Å². The first-order chi connectivity index (χ1) is 20.5. The molecule has 3 aromatic rings. The standard InChI is InChI=1S/C34H42BrN3O4S/c1-25-18-19-26(2)31(21-25)38(43(3,41)42)20-10-17-33(39)37(24-28-13-9-14-29(35)22-28)32(23-27-11-5-4-6-12-27)34(40)36-30-15-7-8-16-30/h4-6,9,11-14,18-19,21-22,30,32H,7-8,10,15-17,20,23-24H2,1-3H3,(H,36,40)/t32-/m0/s1. The summed E-state index contributed by atoms with van der Waals surface area (Å²) in [5.41, 5.74) is 4.31. The van der Waals surface area contributed by atoms with E-state index in [0.29, 0.717) is 18.5 Å². The third kappa shape index (κ3) is 9.41. The van der Waals surface area contributed by atoms with Crippen molar-refractivity contribution >= 4 is 43.5 Å². The van der Waals surface area contributed by atoms with Gasteiger partial charge in [0.2, 0.25) is 21.8 Å². The Morgan fingerprint density at radius 2 is 1.65 bits per heavy atom. The fourth-order valence-electron chi connectivity index (χ4n) is 5.72. The second kappa shape index (κ2) is 15.0. The fourth-order valence-corrected chi connectivity index (χ4v) is 7.19. The zero-order valence-corrected chi connectivity index (χ0v) is 27.7. The minimum absolute atomic E-state index is 0.104. The lowest BCUT2D eigenvalue weighted by Gasteiger charge is -2.33. The summed E-state index contributed by atoms with van der Waals surface area (Å²) in [5.74, 6) is -0.329. The van der Waals surface area contributed by atoms with Gasteiger partial charge in [-0.1, -0.05) is 83.4 Å². The van der Waals surface area contributed by atoms with Gasteiger partial charge in [-0.25, -0.2) is 8.42 Å². The molecule has 4 rings (SSSR count). The molecule has 0 saturated heterocycles. The Morgan fingerprint density at radius 3 is 2.33 bits per heavy atom. The van der Waals surface area contributed by atoms with Crippen LogP contribution in [0, 0.1) is 13.8 Å². The van der Waals surface area contributed by atoms with Gasteiger partial charge in [-0.2, -0.15) is 0 Å². The number of carbonyl (C=O) groups is 2. The molecule has 230 valence electrons. The zero-order chi connectivity index (χ0) is 31.0. The van der Waals surface area contributed by atoms with Gasteiger partial charge in [0.05, 0.1) is 11.9 Å². The largest absolute Gasteiger partial charge is 0.352 e. The first-order valence-electron chi connectivity index (χ1n) is 14.9. The molecule has 2 amide bonds. The zero-order valence-electron chi connectivity index (χ0n) is 25.3. The summed E-state index contributed by atoms with van der Waals surface area (Å²) in [6.45, 7) is 4.24. The van der Waals surface area contributed by atoms with Crippen molar-refractivity contribution in [3.8, 4) is 0 Å². The number of aryl methyl sites for hydroxylation is 2. The first kappa shape index (κ1) is 32.7. The summed E-state index contributed by atoms with van der Waals surface area (Å²) in [6.07, 6.45) is 6.07. The summed E-state index contributed by atoms with van der Waals surface area (Å²) in [5, 5.41) is 3.23. The van der Waals surface area contributed by atoms with Crippen LogP contribution in [0.3, 0.4) is 0 Å². The third-order valence-corrected chi connectivity index (χ3v) is 9.67. The SMILES string of the molecule is Cc1ccc(C)c(N(CCCC(=O)N(Cc2cccc(Br)c2)[C@@H](Cc2ccccc2)C(=O)NC2CCCC2)S(C)(=O)=O)c1. The Hall–Kier alpha value is -3.17. The van der Waals surface area contributed by atoms with E-state index in [0.717, 1.165) is 52.4 Å². The Morgan fingerprint density at radius 1 is 0.953 bits per heavy atom. The van der Waals surface area contributed by atoms with Crippen LogP contribution in [-0.4, -0.2) is 50.0 Å². The average molecular weight is 669 g/mol. The van der Waals surface area contributed by atoms with E-state index in [1.807, 2.05) is 86.6 Å². The minimum Gasteiger partial charge on any atom is -0.352 e. The van der Waals surface area contributed by atoms with E-state index in [1.165, 1.54) is 10.6 Å². The normalized spacial score (nSPS) is 14.3. The van der Waals surface area contributed by atoms with Gasteiger partial charge in [0.25, 0.3) is 0 Å². The van der Waals surface area contributed by atoms with Gasteiger partial charge < -0.3 is 10.2 Å². The maximum absolute atomic E-state index is 14.1. The van der Waals surface area contributed by atoms with Crippen LogP contribution in [0.5, 0.6) is 0 Å². The molecule has 0 bridgehead atoms. The summed E-state index contributed by atoms with van der Waals surface area (Å²) in [4.78, 5) is 29.6. The monoisotopic (exact) mass is 667 g/mol. The van der Waals surface area contributed by atoms with Gasteiger partial charge >= 0.3 is 0 Å². The number of nitrogens with one attached hydrogen (secondary N) is 1. The highest BCUT2D eigenvalue weighted by molar-refractivity contribution is 9.10. The molecule has 9 heteroatoms. The smallest absolute Gasteiger partial charge is 0.243 e. The molecule has 0 unspecified atom stereocenters. The molecule has 0 radical (unpaired) electrons. The van der Waals surface area contributed by atoms with Crippen LogP contribution in [0.25, 0.3) is 0 Å².